The van der Waals surface area contributed by atoms with Gasteiger partial charge in [-0.15, -0.1) is 16.4 Å². The van der Waals surface area contributed by atoms with Crippen molar-refractivity contribution in [3.05, 3.63) is 71.5 Å². The molecule has 0 aliphatic heterocycles. The fourth-order valence-electron chi connectivity index (χ4n) is 2.39. The van der Waals surface area contributed by atoms with Gasteiger partial charge < -0.3 is 4.74 Å². The highest BCUT2D eigenvalue weighted by Gasteiger charge is 2.18. The van der Waals surface area contributed by atoms with Gasteiger partial charge in [0, 0.05) is 5.56 Å². The Kier molecular flexibility index (Phi) is 4.24. The van der Waals surface area contributed by atoms with Gasteiger partial charge in [0.05, 0.1) is 11.4 Å². The van der Waals surface area contributed by atoms with E-state index in [1.54, 1.807) is 31.2 Å². The lowest BCUT2D eigenvalue weighted by atomic mass is 10.2. The lowest BCUT2D eigenvalue weighted by Crippen LogP contribution is -2.08. The van der Waals surface area contributed by atoms with Crippen LogP contribution >= 0.6 is 11.3 Å². The van der Waals surface area contributed by atoms with Crippen molar-refractivity contribution in [3.8, 4) is 22.0 Å². The van der Waals surface area contributed by atoms with Crippen LogP contribution in [0.2, 0.25) is 0 Å². The minimum absolute atomic E-state index is 0.419. The van der Waals surface area contributed by atoms with Gasteiger partial charge in [0.25, 0.3) is 0 Å². The summed E-state index contributed by atoms with van der Waals surface area (Å²) in [6, 6.07) is 16.7. The highest BCUT2D eigenvalue weighted by Crippen LogP contribution is 2.28. The average molecular weight is 363 g/mol. The van der Waals surface area contributed by atoms with Crippen molar-refractivity contribution in [1.29, 1.82) is 0 Å². The Hall–Kier alpha value is -3.39. The number of hydrogen-bond acceptors (Lipinski definition) is 7. The van der Waals surface area contributed by atoms with Gasteiger partial charge in [0.1, 0.15) is 22.0 Å². The van der Waals surface area contributed by atoms with E-state index in [1.165, 1.54) is 22.3 Å². The molecule has 0 N–H and O–H groups in total. The van der Waals surface area contributed by atoms with Crippen LogP contribution in [0, 0.1) is 6.92 Å². The van der Waals surface area contributed by atoms with Crippen molar-refractivity contribution >= 4 is 17.3 Å². The molecule has 0 unspecified atom stereocenters. The number of tetrazole rings is 1. The molecule has 0 spiro atoms. The molecule has 4 aromatic rings. The molecule has 2 aromatic carbocycles. The number of carbonyl (C=O) groups is 1. The summed E-state index contributed by atoms with van der Waals surface area (Å²) in [6.07, 6.45) is 1.49. The van der Waals surface area contributed by atoms with E-state index in [-0.39, 0.29) is 0 Å². The van der Waals surface area contributed by atoms with E-state index in [2.05, 4.69) is 20.5 Å². The minimum atomic E-state index is -0.419. The van der Waals surface area contributed by atoms with Crippen molar-refractivity contribution in [3.63, 3.8) is 0 Å². The number of hydrogen-bond donors (Lipinski definition) is 0. The van der Waals surface area contributed by atoms with Crippen molar-refractivity contribution in [2.24, 2.45) is 0 Å². The smallest absolute Gasteiger partial charge is 0.355 e. The molecule has 2 heterocycles. The number of thiazole rings is 1. The number of ether oxygens (including phenoxy) is 1. The summed E-state index contributed by atoms with van der Waals surface area (Å²) in [5.74, 6) is 0.0261. The molecule has 2 aromatic heterocycles. The van der Waals surface area contributed by atoms with Crippen LogP contribution in [0.5, 0.6) is 5.75 Å². The number of carbonyl (C=O) groups excluding carboxylic acids is 1. The lowest BCUT2D eigenvalue weighted by Gasteiger charge is -2.04. The molecule has 0 saturated carbocycles. The van der Waals surface area contributed by atoms with E-state index >= 15 is 0 Å². The molecule has 0 radical (unpaired) electrons. The Labute approximate surface area is 152 Å². The van der Waals surface area contributed by atoms with Gasteiger partial charge in [0.2, 0.25) is 0 Å². The molecular weight excluding hydrogens is 350 g/mol. The predicted octanol–water partition coefficient (Wildman–Crippen LogP) is 3.31. The van der Waals surface area contributed by atoms with Crippen LogP contribution < -0.4 is 4.74 Å². The van der Waals surface area contributed by atoms with E-state index in [1.807, 2.05) is 30.3 Å². The standard InChI is InChI=1S/C18H13N5O2S/c1-12-16(26-17(20-12)13-5-3-2-4-6-13)18(24)25-15-9-7-14(8-10-15)23-11-19-21-22-23/h2-11H,1H3. The Morgan fingerprint density at radius 2 is 1.85 bits per heavy atom. The monoisotopic (exact) mass is 363 g/mol. The second kappa shape index (κ2) is 6.85. The average Bonchev–Trinajstić information content (AvgIpc) is 3.33. The van der Waals surface area contributed by atoms with Crippen molar-refractivity contribution in [1.82, 2.24) is 25.2 Å². The first-order valence-electron chi connectivity index (χ1n) is 7.79. The number of nitrogens with zero attached hydrogens (tertiary/aromatic N) is 5. The van der Waals surface area contributed by atoms with Crippen LogP contribution in [-0.4, -0.2) is 31.2 Å². The molecule has 4 rings (SSSR count). The Morgan fingerprint density at radius 3 is 2.54 bits per heavy atom. The molecule has 26 heavy (non-hydrogen) atoms. The number of aryl methyl sites for hydroxylation is 1. The summed E-state index contributed by atoms with van der Waals surface area (Å²) in [7, 11) is 0. The first-order valence-corrected chi connectivity index (χ1v) is 8.61. The number of rotatable bonds is 4. The largest absolute Gasteiger partial charge is 0.422 e. The maximum Gasteiger partial charge on any atom is 0.355 e. The predicted molar refractivity (Wildman–Crippen MR) is 96.4 cm³/mol. The summed E-state index contributed by atoms with van der Waals surface area (Å²) in [5.41, 5.74) is 2.41. The Balaban J connectivity index is 1.52. The van der Waals surface area contributed by atoms with Gasteiger partial charge in [-0.3, -0.25) is 0 Å². The summed E-state index contributed by atoms with van der Waals surface area (Å²) in [4.78, 5) is 17.5. The molecule has 0 saturated heterocycles. The van der Waals surface area contributed by atoms with Gasteiger partial charge in [-0.25, -0.2) is 14.5 Å². The minimum Gasteiger partial charge on any atom is -0.422 e. The van der Waals surface area contributed by atoms with Gasteiger partial charge in [0.15, 0.2) is 0 Å². The zero-order valence-corrected chi connectivity index (χ0v) is 14.6. The molecule has 0 amide bonds. The Morgan fingerprint density at radius 1 is 1.08 bits per heavy atom. The van der Waals surface area contributed by atoms with Gasteiger partial charge in [-0.05, 0) is 41.6 Å². The summed E-state index contributed by atoms with van der Waals surface area (Å²) in [6.45, 7) is 1.81. The third-order valence-corrected chi connectivity index (χ3v) is 4.85. The molecule has 128 valence electrons. The van der Waals surface area contributed by atoms with E-state index in [4.69, 9.17) is 4.74 Å². The Bertz CT molecular complexity index is 1030. The molecule has 7 nitrogen and oxygen atoms in total. The van der Waals surface area contributed by atoms with Gasteiger partial charge >= 0.3 is 5.97 Å². The van der Waals surface area contributed by atoms with Crippen LogP contribution in [0.1, 0.15) is 15.4 Å². The van der Waals surface area contributed by atoms with E-state index in [0.29, 0.717) is 16.3 Å². The maximum absolute atomic E-state index is 12.5. The number of esters is 1. The fraction of sp³-hybridized carbons (Fsp3) is 0.0556. The van der Waals surface area contributed by atoms with E-state index < -0.39 is 5.97 Å². The molecular formula is C18H13N5O2S. The van der Waals surface area contributed by atoms with Crippen LogP contribution in [0.4, 0.5) is 0 Å². The molecule has 0 fully saturated rings. The summed E-state index contributed by atoms with van der Waals surface area (Å²) in [5, 5.41) is 11.8. The highest BCUT2D eigenvalue weighted by atomic mass is 32.1. The number of aromatic nitrogens is 5. The van der Waals surface area contributed by atoms with E-state index in [9.17, 15) is 4.79 Å². The topological polar surface area (TPSA) is 82.8 Å². The summed E-state index contributed by atoms with van der Waals surface area (Å²) < 4.78 is 6.99. The van der Waals surface area contributed by atoms with Crippen molar-refractivity contribution in [2.45, 2.75) is 6.92 Å². The fourth-order valence-corrected chi connectivity index (χ4v) is 3.34. The van der Waals surface area contributed by atoms with Crippen molar-refractivity contribution in [2.75, 3.05) is 0 Å². The molecule has 8 heteroatoms. The summed E-state index contributed by atoms with van der Waals surface area (Å²) >= 11 is 1.32. The zero-order chi connectivity index (χ0) is 17.9. The van der Waals surface area contributed by atoms with Gasteiger partial charge in [-0.1, -0.05) is 30.3 Å². The third kappa shape index (κ3) is 3.22. The normalized spacial score (nSPS) is 10.7. The SMILES string of the molecule is Cc1nc(-c2ccccc2)sc1C(=O)Oc1ccc(-n2cnnn2)cc1. The van der Waals surface area contributed by atoms with Crippen LogP contribution in [0.3, 0.4) is 0 Å². The second-order valence-corrected chi connectivity index (χ2v) is 6.44. The quantitative estimate of drug-likeness (QED) is 0.409. The van der Waals surface area contributed by atoms with E-state index in [0.717, 1.165) is 16.3 Å². The van der Waals surface area contributed by atoms with Crippen LogP contribution in [-0.2, 0) is 0 Å². The first-order chi connectivity index (χ1) is 12.7. The first kappa shape index (κ1) is 16.1. The maximum atomic E-state index is 12.5. The van der Waals surface area contributed by atoms with Crippen LogP contribution in [0.15, 0.2) is 60.9 Å². The molecule has 0 atom stereocenters. The molecule has 0 aliphatic rings. The lowest BCUT2D eigenvalue weighted by molar-refractivity contribution is 0.0739. The molecule has 0 aliphatic carbocycles. The highest BCUT2D eigenvalue weighted by molar-refractivity contribution is 7.17. The zero-order valence-electron chi connectivity index (χ0n) is 13.7. The van der Waals surface area contributed by atoms with Crippen molar-refractivity contribution < 1.29 is 9.53 Å². The van der Waals surface area contributed by atoms with Crippen LogP contribution in [0.25, 0.3) is 16.3 Å². The van der Waals surface area contributed by atoms with Gasteiger partial charge in [-0.2, -0.15) is 0 Å². The third-order valence-electron chi connectivity index (χ3n) is 3.66. The second-order valence-electron chi connectivity index (χ2n) is 5.44. The number of benzene rings is 2. The molecule has 0 bridgehead atoms.